The number of methoxy groups -OCH3 is 1. The molecule has 20 heavy (non-hydrogen) atoms. The first-order chi connectivity index (χ1) is 9.26. The molecule has 0 saturated carbocycles. The van der Waals surface area contributed by atoms with Crippen LogP contribution < -0.4 is 14.8 Å². The molecule has 0 atom stereocenters. The van der Waals surface area contributed by atoms with Gasteiger partial charge in [0.15, 0.2) is 0 Å². The minimum Gasteiger partial charge on any atom is -0.495 e. The Labute approximate surface area is 119 Å². The Hall–Kier alpha value is -1.64. The first-order valence-corrected chi connectivity index (χ1v) is 7.32. The molecule has 0 unspecified atom stereocenters. The average molecular weight is 301 g/mol. The summed E-state index contributed by atoms with van der Waals surface area (Å²) in [7, 11) is 0.899. The Morgan fingerprint density at radius 3 is 2.50 bits per heavy atom. The SMILES string of the molecule is COc1ccc(CNS(=O)(=O)N(C)C)cc1NC(C)=O. The lowest BCUT2D eigenvalue weighted by molar-refractivity contribution is -0.114. The summed E-state index contributed by atoms with van der Waals surface area (Å²) in [5.74, 6) is 0.286. The molecule has 112 valence electrons. The molecule has 0 heterocycles. The number of ether oxygens (including phenoxy) is 1. The minimum absolute atomic E-state index is 0.122. The van der Waals surface area contributed by atoms with Crippen LogP contribution in [0.3, 0.4) is 0 Å². The van der Waals surface area contributed by atoms with Crippen molar-refractivity contribution < 1.29 is 17.9 Å². The second kappa shape index (κ2) is 6.69. The van der Waals surface area contributed by atoms with Crippen molar-refractivity contribution in [2.24, 2.45) is 0 Å². The van der Waals surface area contributed by atoms with E-state index in [0.29, 0.717) is 17.0 Å². The van der Waals surface area contributed by atoms with Gasteiger partial charge in [0.25, 0.3) is 10.2 Å². The molecule has 0 bridgehead atoms. The fourth-order valence-corrected chi connectivity index (χ4v) is 2.06. The number of amides is 1. The molecule has 0 spiro atoms. The predicted molar refractivity (Wildman–Crippen MR) is 76.7 cm³/mol. The van der Waals surface area contributed by atoms with Gasteiger partial charge < -0.3 is 10.1 Å². The molecule has 0 aliphatic rings. The lowest BCUT2D eigenvalue weighted by Gasteiger charge is -2.14. The van der Waals surface area contributed by atoms with E-state index in [2.05, 4.69) is 10.0 Å². The number of carbonyl (C=O) groups is 1. The van der Waals surface area contributed by atoms with Gasteiger partial charge in [-0.05, 0) is 17.7 Å². The quantitative estimate of drug-likeness (QED) is 0.803. The van der Waals surface area contributed by atoms with Crippen LogP contribution in [0.4, 0.5) is 5.69 Å². The van der Waals surface area contributed by atoms with E-state index in [9.17, 15) is 13.2 Å². The monoisotopic (exact) mass is 301 g/mol. The average Bonchev–Trinajstić information content (AvgIpc) is 2.36. The fraction of sp³-hybridized carbons (Fsp3) is 0.417. The van der Waals surface area contributed by atoms with E-state index in [1.54, 1.807) is 18.2 Å². The van der Waals surface area contributed by atoms with Crippen LogP contribution in [0, 0.1) is 0 Å². The molecule has 7 nitrogen and oxygen atoms in total. The third kappa shape index (κ3) is 4.48. The lowest BCUT2D eigenvalue weighted by atomic mass is 10.2. The van der Waals surface area contributed by atoms with Crippen molar-refractivity contribution >= 4 is 21.8 Å². The van der Waals surface area contributed by atoms with Crippen LogP contribution in [0.2, 0.25) is 0 Å². The molecule has 0 aromatic heterocycles. The third-order valence-corrected chi connectivity index (χ3v) is 3.98. The number of nitrogens with zero attached hydrogens (tertiary/aromatic N) is 1. The summed E-state index contributed by atoms with van der Waals surface area (Å²) in [6.07, 6.45) is 0. The van der Waals surface area contributed by atoms with Crippen molar-refractivity contribution in [3.63, 3.8) is 0 Å². The van der Waals surface area contributed by atoms with E-state index in [-0.39, 0.29) is 12.5 Å². The standard InChI is InChI=1S/C12H19N3O4S/c1-9(16)14-11-7-10(5-6-12(11)19-4)8-13-20(17,18)15(2)3/h5-7,13H,8H2,1-4H3,(H,14,16). The summed E-state index contributed by atoms with van der Waals surface area (Å²) in [6.45, 7) is 1.51. The van der Waals surface area contributed by atoms with E-state index in [1.807, 2.05) is 0 Å². The number of carbonyl (C=O) groups excluding carboxylic acids is 1. The van der Waals surface area contributed by atoms with E-state index in [1.165, 1.54) is 28.1 Å². The predicted octanol–water partition coefficient (Wildman–Crippen LogP) is 0.550. The molecule has 0 saturated heterocycles. The molecule has 1 rings (SSSR count). The largest absolute Gasteiger partial charge is 0.495 e. The number of benzene rings is 1. The van der Waals surface area contributed by atoms with Crippen LogP contribution in [-0.2, 0) is 21.5 Å². The number of hydrogen-bond acceptors (Lipinski definition) is 4. The minimum atomic E-state index is -3.48. The molecule has 2 N–H and O–H groups in total. The molecule has 8 heteroatoms. The highest BCUT2D eigenvalue weighted by Crippen LogP contribution is 2.25. The third-order valence-electron chi connectivity index (χ3n) is 2.51. The van der Waals surface area contributed by atoms with Gasteiger partial charge in [0.1, 0.15) is 5.75 Å². The highest BCUT2D eigenvalue weighted by atomic mass is 32.2. The summed E-state index contributed by atoms with van der Waals surface area (Å²) in [6, 6.07) is 5.06. The Kier molecular flexibility index (Phi) is 5.49. The molecule has 1 aromatic carbocycles. The van der Waals surface area contributed by atoms with Crippen LogP contribution in [0.15, 0.2) is 18.2 Å². The molecule has 0 radical (unpaired) electrons. The zero-order valence-electron chi connectivity index (χ0n) is 11.9. The molecule has 1 aromatic rings. The maximum absolute atomic E-state index is 11.6. The Morgan fingerprint density at radius 2 is 2.00 bits per heavy atom. The zero-order chi connectivity index (χ0) is 15.3. The van der Waals surface area contributed by atoms with Crippen LogP contribution >= 0.6 is 0 Å². The molecular weight excluding hydrogens is 282 g/mol. The Bertz CT molecular complexity index is 584. The van der Waals surface area contributed by atoms with Crippen molar-refractivity contribution in [1.29, 1.82) is 0 Å². The topological polar surface area (TPSA) is 87.7 Å². The van der Waals surface area contributed by atoms with Crippen molar-refractivity contribution in [1.82, 2.24) is 9.03 Å². The zero-order valence-corrected chi connectivity index (χ0v) is 12.7. The van der Waals surface area contributed by atoms with E-state index in [0.717, 1.165) is 4.31 Å². The molecular formula is C12H19N3O4S. The first-order valence-electron chi connectivity index (χ1n) is 5.88. The van der Waals surface area contributed by atoms with Gasteiger partial charge in [-0.25, -0.2) is 0 Å². The van der Waals surface area contributed by atoms with E-state index in [4.69, 9.17) is 4.74 Å². The van der Waals surface area contributed by atoms with Gasteiger partial charge >= 0.3 is 0 Å². The molecule has 0 aliphatic heterocycles. The van der Waals surface area contributed by atoms with Crippen LogP contribution in [0.5, 0.6) is 5.75 Å². The lowest BCUT2D eigenvalue weighted by Crippen LogP contribution is -2.35. The first kappa shape index (κ1) is 16.4. The van der Waals surface area contributed by atoms with E-state index < -0.39 is 10.2 Å². The second-order valence-electron chi connectivity index (χ2n) is 4.32. The van der Waals surface area contributed by atoms with Gasteiger partial charge in [-0.2, -0.15) is 17.4 Å². The van der Waals surface area contributed by atoms with Gasteiger partial charge in [0.2, 0.25) is 5.91 Å². The summed E-state index contributed by atoms with van der Waals surface area (Å²) < 4.78 is 31.9. The van der Waals surface area contributed by atoms with Crippen molar-refractivity contribution in [3.8, 4) is 5.75 Å². The van der Waals surface area contributed by atoms with Gasteiger partial charge in [-0.1, -0.05) is 6.07 Å². The normalized spacial score (nSPS) is 11.4. The van der Waals surface area contributed by atoms with E-state index >= 15 is 0 Å². The Balaban J connectivity index is 2.90. The maximum atomic E-state index is 11.6. The van der Waals surface area contributed by atoms with Gasteiger partial charge in [0.05, 0.1) is 12.8 Å². The summed E-state index contributed by atoms with van der Waals surface area (Å²) >= 11 is 0. The molecule has 1 amide bonds. The number of anilines is 1. The smallest absolute Gasteiger partial charge is 0.279 e. The van der Waals surface area contributed by atoms with Gasteiger partial charge in [-0.3, -0.25) is 4.79 Å². The van der Waals surface area contributed by atoms with Crippen LogP contribution in [-0.4, -0.2) is 39.8 Å². The highest BCUT2D eigenvalue weighted by Gasteiger charge is 2.13. The summed E-state index contributed by atoms with van der Waals surface area (Å²) in [5, 5.41) is 2.63. The Morgan fingerprint density at radius 1 is 1.35 bits per heavy atom. The summed E-state index contributed by atoms with van der Waals surface area (Å²) in [4.78, 5) is 11.1. The highest BCUT2D eigenvalue weighted by molar-refractivity contribution is 7.87. The summed E-state index contributed by atoms with van der Waals surface area (Å²) in [5.41, 5.74) is 1.21. The maximum Gasteiger partial charge on any atom is 0.279 e. The van der Waals surface area contributed by atoms with Crippen LogP contribution in [0.1, 0.15) is 12.5 Å². The number of nitrogens with one attached hydrogen (secondary N) is 2. The molecule has 0 aliphatic carbocycles. The van der Waals surface area contributed by atoms with Crippen LogP contribution in [0.25, 0.3) is 0 Å². The van der Waals surface area contributed by atoms with Crippen molar-refractivity contribution in [3.05, 3.63) is 23.8 Å². The number of rotatable bonds is 6. The van der Waals surface area contributed by atoms with Gasteiger partial charge in [0, 0.05) is 27.6 Å². The molecule has 0 fully saturated rings. The van der Waals surface area contributed by atoms with Gasteiger partial charge in [-0.15, -0.1) is 0 Å². The second-order valence-corrected chi connectivity index (χ2v) is 6.29. The number of hydrogen-bond donors (Lipinski definition) is 2. The fourth-order valence-electron chi connectivity index (χ4n) is 1.46. The van der Waals surface area contributed by atoms with Crippen molar-refractivity contribution in [2.45, 2.75) is 13.5 Å². The van der Waals surface area contributed by atoms with Crippen molar-refractivity contribution in [2.75, 3.05) is 26.5 Å².